The molecule has 0 saturated carbocycles. The van der Waals surface area contributed by atoms with Crippen LogP contribution in [0.25, 0.3) is 0 Å². The molecule has 0 aliphatic carbocycles. The van der Waals surface area contributed by atoms with E-state index in [1.165, 1.54) is 11.8 Å². The first-order chi connectivity index (χ1) is 11.5. The van der Waals surface area contributed by atoms with Gasteiger partial charge in [0.1, 0.15) is 10.3 Å². The summed E-state index contributed by atoms with van der Waals surface area (Å²) in [6.07, 6.45) is 1.41. The van der Waals surface area contributed by atoms with Crippen molar-refractivity contribution < 1.29 is 9.53 Å². The molecule has 0 fully saturated rings. The molecule has 0 spiro atoms. The van der Waals surface area contributed by atoms with Crippen molar-refractivity contribution in [3.63, 3.8) is 0 Å². The van der Waals surface area contributed by atoms with Crippen molar-refractivity contribution in [3.8, 4) is 6.07 Å². The van der Waals surface area contributed by atoms with E-state index < -0.39 is 10.3 Å². The molecule has 1 heterocycles. The molecule has 1 aliphatic heterocycles. The Bertz CT molecular complexity index is 705. The smallest absolute Gasteiger partial charge is 0.311 e. The van der Waals surface area contributed by atoms with E-state index in [0.717, 1.165) is 22.6 Å². The molecule has 1 aliphatic rings. The number of hydrogen-bond acceptors (Lipinski definition) is 5. The van der Waals surface area contributed by atoms with Crippen LogP contribution in [0, 0.1) is 17.2 Å². The molecule has 4 nitrogen and oxygen atoms in total. The van der Waals surface area contributed by atoms with E-state index in [1.54, 1.807) is 0 Å². The van der Waals surface area contributed by atoms with E-state index in [2.05, 4.69) is 11.4 Å². The number of hydrogen-bond donors (Lipinski definition) is 1. The number of anilines is 1. The Balaban J connectivity index is 2.24. The van der Waals surface area contributed by atoms with Gasteiger partial charge in [-0.3, -0.25) is 4.79 Å². The number of rotatable bonds is 3. The first-order valence-electron chi connectivity index (χ1n) is 8.41. The third-order valence-electron chi connectivity index (χ3n) is 3.86. The standard InChI is InChI=1S/C19H25ClN2O2S/c1-18(2,3)24-17(23)12-6-7-13-15(22-10-12)9-8-14(20)16(13)25-19(4,5)11-21/h8-9,12,22H,6-7,10H2,1-5H3. The minimum Gasteiger partial charge on any atom is -0.460 e. The summed E-state index contributed by atoms with van der Waals surface area (Å²) in [6, 6.07) is 6.09. The van der Waals surface area contributed by atoms with Gasteiger partial charge in [-0.1, -0.05) is 11.6 Å². The second-order valence-corrected chi connectivity index (χ2v) is 9.82. The lowest BCUT2D eigenvalue weighted by molar-refractivity contribution is -0.159. The molecular weight excluding hydrogens is 356 g/mol. The highest BCUT2D eigenvalue weighted by Gasteiger charge is 2.30. The van der Waals surface area contributed by atoms with Crippen molar-refractivity contribution in [2.75, 3.05) is 11.9 Å². The van der Waals surface area contributed by atoms with Gasteiger partial charge in [0.2, 0.25) is 0 Å². The number of fused-ring (bicyclic) bond motifs is 1. The van der Waals surface area contributed by atoms with E-state index in [0.29, 0.717) is 18.0 Å². The van der Waals surface area contributed by atoms with Crippen molar-refractivity contribution >= 4 is 35.0 Å². The zero-order chi connectivity index (χ0) is 18.8. The van der Waals surface area contributed by atoms with E-state index in [1.807, 2.05) is 46.8 Å². The largest absolute Gasteiger partial charge is 0.460 e. The number of halogens is 1. The van der Waals surface area contributed by atoms with Crippen LogP contribution in [0.3, 0.4) is 0 Å². The zero-order valence-electron chi connectivity index (χ0n) is 15.4. The maximum absolute atomic E-state index is 12.4. The van der Waals surface area contributed by atoms with Crippen LogP contribution in [-0.4, -0.2) is 22.9 Å². The fraction of sp³-hybridized carbons (Fsp3) is 0.579. The highest BCUT2D eigenvalue weighted by Crippen LogP contribution is 2.43. The van der Waals surface area contributed by atoms with Gasteiger partial charge in [-0.15, -0.1) is 11.8 Å². The Labute approximate surface area is 159 Å². The second-order valence-electron chi connectivity index (χ2n) is 7.78. The molecule has 0 aromatic heterocycles. The van der Waals surface area contributed by atoms with Gasteiger partial charge in [0.25, 0.3) is 0 Å². The number of benzene rings is 1. The Morgan fingerprint density at radius 1 is 1.36 bits per heavy atom. The van der Waals surface area contributed by atoms with E-state index >= 15 is 0 Å². The quantitative estimate of drug-likeness (QED) is 0.587. The van der Waals surface area contributed by atoms with E-state index in [-0.39, 0.29) is 11.9 Å². The summed E-state index contributed by atoms with van der Waals surface area (Å²) >= 11 is 7.88. The highest BCUT2D eigenvalue weighted by molar-refractivity contribution is 8.01. The molecular formula is C19H25ClN2O2S. The molecule has 1 aromatic rings. The third-order valence-corrected chi connectivity index (χ3v) is 5.56. The molecule has 0 amide bonds. The summed E-state index contributed by atoms with van der Waals surface area (Å²) in [7, 11) is 0. The summed E-state index contributed by atoms with van der Waals surface area (Å²) in [5.41, 5.74) is 1.57. The minimum absolute atomic E-state index is 0.175. The molecule has 1 aromatic carbocycles. The number of carbonyl (C=O) groups excluding carboxylic acids is 1. The molecule has 1 unspecified atom stereocenters. The monoisotopic (exact) mass is 380 g/mol. The maximum atomic E-state index is 12.4. The van der Waals surface area contributed by atoms with Gasteiger partial charge in [-0.25, -0.2) is 0 Å². The summed E-state index contributed by atoms with van der Waals surface area (Å²) in [5.74, 6) is -0.377. The lowest BCUT2D eigenvalue weighted by atomic mass is 10.0. The summed E-state index contributed by atoms with van der Waals surface area (Å²) in [4.78, 5) is 13.3. The molecule has 1 N–H and O–H groups in total. The minimum atomic E-state index is -0.574. The molecule has 136 valence electrons. The van der Waals surface area contributed by atoms with Crippen molar-refractivity contribution in [1.29, 1.82) is 5.26 Å². The Morgan fingerprint density at radius 3 is 2.64 bits per heavy atom. The number of ether oxygens (including phenoxy) is 1. The topological polar surface area (TPSA) is 62.1 Å². The number of nitrogens with zero attached hydrogens (tertiary/aromatic N) is 1. The first-order valence-corrected chi connectivity index (χ1v) is 9.60. The van der Waals surface area contributed by atoms with Gasteiger partial charge in [0.05, 0.1) is 17.0 Å². The molecule has 2 rings (SSSR count). The molecule has 6 heteroatoms. The summed E-state index contributed by atoms with van der Waals surface area (Å²) in [5, 5.41) is 13.3. The van der Waals surface area contributed by atoms with Crippen molar-refractivity contribution in [2.24, 2.45) is 5.92 Å². The van der Waals surface area contributed by atoms with Gasteiger partial charge in [-0.05, 0) is 65.2 Å². The molecule has 0 radical (unpaired) electrons. The highest BCUT2D eigenvalue weighted by atomic mass is 35.5. The van der Waals surface area contributed by atoms with Crippen LogP contribution in [0.5, 0.6) is 0 Å². The van der Waals surface area contributed by atoms with E-state index in [9.17, 15) is 10.1 Å². The Hall–Kier alpha value is -1.38. The molecule has 1 atom stereocenters. The number of carbonyl (C=O) groups is 1. The normalized spacial score (nSPS) is 17.7. The van der Waals surface area contributed by atoms with Gasteiger partial charge in [0.15, 0.2) is 0 Å². The SMILES string of the molecule is CC(C)(C)OC(=O)C1CCc2c(ccc(Cl)c2SC(C)(C)C#N)NC1. The van der Waals surface area contributed by atoms with Crippen LogP contribution < -0.4 is 5.32 Å². The fourth-order valence-electron chi connectivity index (χ4n) is 2.64. The Kier molecular flexibility index (Phi) is 5.96. The van der Waals surface area contributed by atoms with Crippen LogP contribution in [0.1, 0.15) is 46.6 Å². The average molecular weight is 381 g/mol. The number of thioether (sulfide) groups is 1. The number of nitriles is 1. The lowest BCUT2D eigenvalue weighted by Gasteiger charge is -2.23. The fourth-order valence-corrected chi connectivity index (χ4v) is 3.99. The third kappa shape index (κ3) is 5.29. The number of esters is 1. The van der Waals surface area contributed by atoms with Gasteiger partial charge in [0, 0.05) is 17.1 Å². The first kappa shape index (κ1) is 19.9. The molecule has 0 saturated heterocycles. The van der Waals surface area contributed by atoms with Gasteiger partial charge < -0.3 is 10.1 Å². The zero-order valence-corrected chi connectivity index (χ0v) is 17.0. The summed E-state index contributed by atoms with van der Waals surface area (Å²) in [6.45, 7) is 9.92. The van der Waals surface area contributed by atoms with Crippen molar-refractivity contribution in [1.82, 2.24) is 0 Å². The van der Waals surface area contributed by atoms with Crippen LogP contribution in [0.4, 0.5) is 5.69 Å². The molecule has 25 heavy (non-hydrogen) atoms. The van der Waals surface area contributed by atoms with Gasteiger partial charge >= 0.3 is 5.97 Å². The molecule has 0 bridgehead atoms. The Morgan fingerprint density at radius 2 is 2.04 bits per heavy atom. The van der Waals surface area contributed by atoms with Gasteiger partial charge in [-0.2, -0.15) is 5.26 Å². The number of nitrogens with one attached hydrogen (secondary N) is 1. The van der Waals surface area contributed by atoms with Crippen LogP contribution in [-0.2, 0) is 16.0 Å². The van der Waals surface area contributed by atoms with Crippen molar-refractivity contribution in [2.45, 2.75) is 62.7 Å². The predicted octanol–water partition coefficient (Wildman–Crippen LogP) is 5.05. The maximum Gasteiger partial charge on any atom is 0.311 e. The van der Waals surface area contributed by atoms with Crippen LogP contribution in [0.2, 0.25) is 5.02 Å². The van der Waals surface area contributed by atoms with Crippen LogP contribution in [0.15, 0.2) is 17.0 Å². The second kappa shape index (κ2) is 7.47. The van der Waals surface area contributed by atoms with Crippen molar-refractivity contribution in [3.05, 3.63) is 22.7 Å². The predicted molar refractivity (Wildman–Crippen MR) is 103 cm³/mol. The van der Waals surface area contributed by atoms with Crippen LogP contribution >= 0.6 is 23.4 Å². The average Bonchev–Trinajstić information content (AvgIpc) is 2.71. The lowest BCUT2D eigenvalue weighted by Crippen LogP contribution is -2.31. The van der Waals surface area contributed by atoms with E-state index in [4.69, 9.17) is 16.3 Å². The summed E-state index contributed by atoms with van der Waals surface area (Å²) < 4.78 is 4.96.